The fourth-order valence-corrected chi connectivity index (χ4v) is 3.61. The second-order valence-electron chi connectivity index (χ2n) is 6.88. The number of halogens is 2. The fraction of sp³-hybridized carbons (Fsp3) is 0.500. The number of carbonyl (C=O) groups excluding carboxylic acids is 1. The molecule has 2 aromatic rings. The summed E-state index contributed by atoms with van der Waals surface area (Å²) in [4.78, 5) is 14.3. The van der Waals surface area contributed by atoms with Gasteiger partial charge in [0.2, 0.25) is 11.9 Å². The van der Waals surface area contributed by atoms with Gasteiger partial charge < -0.3 is 15.0 Å². The first kappa shape index (κ1) is 20.5. The van der Waals surface area contributed by atoms with E-state index in [2.05, 4.69) is 34.3 Å². The van der Waals surface area contributed by atoms with Crippen LogP contribution in [0, 0.1) is 17.6 Å². The Morgan fingerprint density at radius 3 is 2.54 bits per heavy atom. The monoisotopic (exact) mass is 411 g/mol. The number of thioether (sulfide) groups is 1. The van der Waals surface area contributed by atoms with Crippen molar-refractivity contribution in [2.24, 2.45) is 5.92 Å². The molecule has 0 bridgehead atoms. The minimum atomic E-state index is -0.741. The lowest BCUT2D eigenvalue weighted by Gasteiger charge is -2.28. The molecule has 0 saturated carbocycles. The van der Waals surface area contributed by atoms with Gasteiger partial charge in [-0.3, -0.25) is 9.36 Å². The average Bonchev–Trinajstić information content (AvgIpc) is 3.01. The number of aromatic nitrogens is 3. The molecule has 0 atom stereocenters. The van der Waals surface area contributed by atoms with E-state index >= 15 is 0 Å². The van der Waals surface area contributed by atoms with Crippen LogP contribution in [0.2, 0.25) is 0 Å². The third-order valence-corrected chi connectivity index (χ3v) is 4.98. The summed E-state index contributed by atoms with van der Waals surface area (Å²) < 4.78 is 33.9. The van der Waals surface area contributed by atoms with Crippen LogP contribution in [0.25, 0.3) is 0 Å². The lowest BCUT2D eigenvalue weighted by Crippen LogP contribution is -2.38. The van der Waals surface area contributed by atoms with Crippen LogP contribution in [-0.4, -0.2) is 52.7 Å². The Bertz CT molecular complexity index is 804. The second-order valence-corrected chi connectivity index (χ2v) is 7.82. The maximum absolute atomic E-state index is 13.3. The van der Waals surface area contributed by atoms with Crippen molar-refractivity contribution in [3.05, 3.63) is 29.8 Å². The van der Waals surface area contributed by atoms with Gasteiger partial charge in [-0.15, -0.1) is 10.2 Å². The molecule has 10 heteroatoms. The zero-order valence-corrected chi connectivity index (χ0v) is 16.6. The molecule has 1 fully saturated rings. The number of nitrogens with zero attached hydrogens (tertiary/aromatic N) is 4. The third-order valence-electron chi connectivity index (χ3n) is 4.02. The summed E-state index contributed by atoms with van der Waals surface area (Å²) in [6.07, 6.45) is 0. The van der Waals surface area contributed by atoms with Gasteiger partial charge >= 0.3 is 0 Å². The van der Waals surface area contributed by atoms with E-state index in [9.17, 15) is 13.6 Å². The van der Waals surface area contributed by atoms with Gasteiger partial charge in [-0.25, -0.2) is 8.78 Å². The topological polar surface area (TPSA) is 72.3 Å². The second kappa shape index (κ2) is 9.33. The Morgan fingerprint density at radius 1 is 1.21 bits per heavy atom. The molecule has 152 valence electrons. The van der Waals surface area contributed by atoms with Crippen molar-refractivity contribution in [3.63, 3.8) is 0 Å². The van der Waals surface area contributed by atoms with Crippen LogP contribution in [-0.2, 0) is 16.1 Å². The van der Waals surface area contributed by atoms with Gasteiger partial charge in [-0.05, 0) is 18.1 Å². The molecule has 1 N–H and O–H groups in total. The van der Waals surface area contributed by atoms with Crippen LogP contribution in [0.4, 0.5) is 20.4 Å². The smallest absolute Gasteiger partial charge is 0.234 e. The summed E-state index contributed by atoms with van der Waals surface area (Å²) in [6, 6.07) is 2.90. The Labute approximate surface area is 166 Å². The molecule has 3 rings (SSSR count). The molecule has 1 saturated heterocycles. The zero-order chi connectivity index (χ0) is 20.1. The highest BCUT2D eigenvalue weighted by Gasteiger charge is 2.21. The Balaban J connectivity index is 1.67. The molecule has 1 amide bonds. The van der Waals surface area contributed by atoms with Crippen LogP contribution in [0.1, 0.15) is 13.8 Å². The maximum Gasteiger partial charge on any atom is 0.234 e. The summed E-state index contributed by atoms with van der Waals surface area (Å²) in [6.45, 7) is 7.69. The Kier molecular flexibility index (Phi) is 6.84. The number of amides is 1. The molecule has 1 aliphatic heterocycles. The van der Waals surface area contributed by atoms with Crippen molar-refractivity contribution < 1.29 is 18.3 Å². The molecular weight excluding hydrogens is 388 g/mol. The molecule has 0 radical (unpaired) electrons. The Morgan fingerprint density at radius 2 is 1.89 bits per heavy atom. The number of hydrogen-bond acceptors (Lipinski definition) is 6. The molecule has 1 aliphatic rings. The lowest BCUT2D eigenvalue weighted by atomic mass is 10.2. The normalized spacial score (nSPS) is 14.5. The van der Waals surface area contributed by atoms with Crippen LogP contribution < -0.4 is 10.2 Å². The van der Waals surface area contributed by atoms with Gasteiger partial charge in [0.05, 0.1) is 19.0 Å². The summed E-state index contributed by atoms with van der Waals surface area (Å²) in [5.74, 6) is -0.657. The first-order valence-corrected chi connectivity index (χ1v) is 10.1. The van der Waals surface area contributed by atoms with Crippen molar-refractivity contribution >= 4 is 29.3 Å². The molecule has 0 aliphatic carbocycles. The zero-order valence-electron chi connectivity index (χ0n) is 15.8. The van der Waals surface area contributed by atoms with Crippen molar-refractivity contribution in [1.82, 2.24) is 14.8 Å². The largest absolute Gasteiger partial charge is 0.378 e. The standard InChI is InChI=1S/C18H23F2N5O2S/c1-12(2)10-25-17(24-3-5-27-6-4-24)22-23-18(25)28-11-16(26)21-15-8-13(19)7-14(20)9-15/h7-9,12H,3-6,10-11H2,1-2H3,(H,21,26). The van der Waals surface area contributed by atoms with E-state index in [4.69, 9.17) is 4.74 Å². The quantitative estimate of drug-likeness (QED) is 0.707. The molecule has 1 aromatic heterocycles. The van der Waals surface area contributed by atoms with Crippen LogP contribution in [0.15, 0.2) is 23.4 Å². The van der Waals surface area contributed by atoms with Crippen LogP contribution in [0.5, 0.6) is 0 Å². The predicted molar refractivity (Wildman–Crippen MR) is 104 cm³/mol. The minimum absolute atomic E-state index is 0.0530. The number of anilines is 2. The first-order chi connectivity index (χ1) is 13.4. The number of ether oxygens (including phenoxy) is 1. The van der Waals surface area contributed by atoms with Crippen LogP contribution >= 0.6 is 11.8 Å². The van der Waals surface area contributed by atoms with E-state index in [0.717, 1.165) is 43.8 Å². The highest BCUT2D eigenvalue weighted by Crippen LogP contribution is 2.24. The number of rotatable bonds is 7. The van der Waals surface area contributed by atoms with Gasteiger partial charge in [0.1, 0.15) is 11.6 Å². The number of carbonyl (C=O) groups is 1. The summed E-state index contributed by atoms with van der Waals surface area (Å²) in [5, 5.41) is 11.7. The van der Waals surface area contributed by atoms with E-state index in [0.29, 0.717) is 24.3 Å². The van der Waals surface area contributed by atoms with E-state index in [1.807, 2.05) is 4.57 Å². The molecule has 28 heavy (non-hydrogen) atoms. The van der Waals surface area contributed by atoms with Crippen molar-refractivity contribution in [1.29, 1.82) is 0 Å². The van der Waals surface area contributed by atoms with Gasteiger partial charge in [0.15, 0.2) is 5.16 Å². The molecule has 2 heterocycles. The van der Waals surface area contributed by atoms with Crippen molar-refractivity contribution in [2.75, 3.05) is 42.3 Å². The summed E-state index contributed by atoms with van der Waals surface area (Å²) in [7, 11) is 0. The number of benzene rings is 1. The number of nitrogens with one attached hydrogen (secondary N) is 1. The van der Waals surface area contributed by atoms with Gasteiger partial charge in [0, 0.05) is 31.4 Å². The molecule has 0 unspecified atom stereocenters. The lowest BCUT2D eigenvalue weighted by molar-refractivity contribution is -0.113. The third kappa shape index (κ3) is 5.41. The molecular formula is C18H23F2N5O2S. The molecule has 0 spiro atoms. The summed E-state index contributed by atoms with van der Waals surface area (Å²) in [5.41, 5.74) is 0.0840. The Hall–Kier alpha value is -2.20. The number of hydrogen-bond donors (Lipinski definition) is 1. The van der Waals surface area contributed by atoms with Crippen molar-refractivity contribution in [2.45, 2.75) is 25.5 Å². The van der Waals surface area contributed by atoms with Crippen molar-refractivity contribution in [3.8, 4) is 0 Å². The highest BCUT2D eigenvalue weighted by atomic mass is 32.2. The number of morpholine rings is 1. The molecule has 1 aromatic carbocycles. The molecule has 7 nitrogen and oxygen atoms in total. The average molecular weight is 411 g/mol. The fourth-order valence-electron chi connectivity index (χ4n) is 2.86. The highest BCUT2D eigenvalue weighted by molar-refractivity contribution is 7.99. The first-order valence-electron chi connectivity index (χ1n) is 9.07. The maximum atomic E-state index is 13.3. The minimum Gasteiger partial charge on any atom is -0.378 e. The van der Waals surface area contributed by atoms with E-state index in [1.165, 1.54) is 11.8 Å². The van der Waals surface area contributed by atoms with E-state index in [-0.39, 0.29) is 17.3 Å². The summed E-state index contributed by atoms with van der Waals surface area (Å²) >= 11 is 1.24. The SMILES string of the molecule is CC(C)Cn1c(SCC(=O)Nc2cc(F)cc(F)c2)nnc1N1CCOCC1. The van der Waals surface area contributed by atoms with E-state index < -0.39 is 11.6 Å². The van der Waals surface area contributed by atoms with Crippen LogP contribution in [0.3, 0.4) is 0 Å². The van der Waals surface area contributed by atoms with E-state index in [1.54, 1.807) is 0 Å². The van der Waals surface area contributed by atoms with Gasteiger partial charge in [-0.2, -0.15) is 0 Å². The van der Waals surface area contributed by atoms with Gasteiger partial charge in [-0.1, -0.05) is 25.6 Å². The predicted octanol–water partition coefficient (Wildman–Crippen LogP) is 2.78. The van der Waals surface area contributed by atoms with Gasteiger partial charge in [0.25, 0.3) is 0 Å².